The van der Waals surface area contributed by atoms with Crippen LogP contribution in [0.5, 0.6) is 0 Å². The summed E-state index contributed by atoms with van der Waals surface area (Å²) in [4.78, 5) is 38.2. The van der Waals surface area contributed by atoms with Crippen molar-refractivity contribution in [2.75, 3.05) is 25.6 Å². The first-order valence-electron chi connectivity index (χ1n) is 11.1. The van der Waals surface area contributed by atoms with Crippen LogP contribution >= 0.6 is 0 Å². The van der Waals surface area contributed by atoms with E-state index in [1.165, 1.54) is 0 Å². The fourth-order valence-corrected chi connectivity index (χ4v) is 4.09. The number of ether oxygens (including phenoxy) is 2. The van der Waals surface area contributed by atoms with Crippen LogP contribution < -0.4 is 5.32 Å². The predicted molar refractivity (Wildman–Crippen MR) is 131 cm³/mol. The maximum absolute atomic E-state index is 12.8. The molecule has 0 aliphatic rings. The van der Waals surface area contributed by atoms with Gasteiger partial charge in [-0.05, 0) is 58.0 Å². The van der Waals surface area contributed by atoms with Crippen molar-refractivity contribution in [3.63, 3.8) is 0 Å². The number of anilines is 1. The Kier molecular flexibility index (Phi) is 8.02. The summed E-state index contributed by atoms with van der Waals surface area (Å²) in [6.45, 7) is 7.82. The number of aryl methyl sites for hydroxylation is 2. The molecule has 0 aliphatic carbocycles. The molecule has 0 radical (unpaired) electrons. The molecule has 1 atom stereocenters. The van der Waals surface area contributed by atoms with Gasteiger partial charge in [0.15, 0.2) is 6.61 Å². The van der Waals surface area contributed by atoms with Crippen LogP contribution in [-0.4, -0.2) is 42.6 Å². The lowest BCUT2D eigenvalue weighted by Gasteiger charge is -2.17. The summed E-state index contributed by atoms with van der Waals surface area (Å²) < 4.78 is 12.6. The van der Waals surface area contributed by atoms with E-state index in [4.69, 9.17) is 9.47 Å². The van der Waals surface area contributed by atoms with Gasteiger partial charge in [0.2, 0.25) is 5.78 Å². The Bertz CT molecular complexity index is 1210. The zero-order valence-electron chi connectivity index (χ0n) is 20.2. The number of methoxy groups -OCH3 is 1. The van der Waals surface area contributed by atoms with Crippen molar-refractivity contribution >= 4 is 23.3 Å². The molecule has 7 nitrogen and oxygen atoms in total. The fourth-order valence-electron chi connectivity index (χ4n) is 4.09. The Morgan fingerprint density at radius 2 is 1.71 bits per heavy atom. The molecule has 2 aromatic carbocycles. The standard InChI is InChI=1S/C27H30N2O5/c1-17-9-8-10-21(13-17)26(31)28-24-12-7-6-11-22(24)27(32)34-16-25(30)23-14-18(2)29(20(23)4)19(3)15-33-5/h6-14,19H,15-16H2,1-5H3,(H,28,31). The van der Waals surface area contributed by atoms with Crippen molar-refractivity contribution in [3.8, 4) is 0 Å². The minimum atomic E-state index is -0.685. The van der Waals surface area contributed by atoms with Crippen LogP contribution in [0.4, 0.5) is 5.69 Å². The van der Waals surface area contributed by atoms with Crippen LogP contribution in [-0.2, 0) is 9.47 Å². The number of hydrogen-bond donors (Lipinski definition) is 1. The van der Waals surface area contributed by atoms with Crippen molar-refractivity contribution in [2.45, 2.75) is 33.7 Å². The number of Topliss-reactive ketones (excluding diaryl/α,β-unsaturated/α-hetero) is 1. The topological polar surface area (TPSA) is 86.6 Å². The molecular formula is C27H30N2O5. The largest absolute Gasteiger partial charge is 0.454 e. The lowest BCUT2D eigenvalue weighted by atomic mass is 10.1. The molecule has 0 spiro atoms. The minimum absolute atomic E-state index is 0.0676. The van der Waals surface area contributed by atoms with E-state index in [0.717, 1.165) is 17.0 Å². The number of benzene rings is 2. The van der Waals surface area contributed by atoms with Crippen molar-refractivity contribution in [1.29, 1.82) is 0 Å². The van der Waals surface area contributed by atoms with Gasteiger partial charge in [-0.1, -0.05) is 29.8 Å². The van der Waals surface area contributed by atoms with Gasteiger partial charge in [0.25, 0.3) is 5.91 Å². The first-order valence-corrected chi connectivity index (χ1v) is 11.1. The van der Waals surface area contributed by atoms with Gasteiger partial charge < -0.3 is 19.4 Å². The van der Waals surface area contributed by atoms with E-state index in [2.05, 4.69) is 5.32 Å². The summed E-state index contributed by atoms with van der Waals surface area (Å²) in [5.41, 5.74) is 4.17. The van der Waals surface area contributed by atoms with E-state index in [9.17, 15) is 14.4 Å². The molecule has 0 fully saturated rings. The number of rotatable bonds is 9. The molecule has 1 unspecified atom stereocenters. The lowest BCUT2D eigenvalue weighted by Crippen LogP contribution is -2.19. The van der Waals surface area contributed by atoms with E-state index in [0.29, 0.717) is 23.4 Å². The van der Waals surface area contributed by atoms with Gasteiger partial charge in [-0.15, -0.1) is 0 Å². The summed E-state index contributed by atoms with van der Waals surface area (Å²) in [6, 6.07) is 15.6. The number of nitrogens with one attached hydrogen (secondary N) is 1. The number of amides is 1. The van der Waals surface area contributed by atoms with Crippen molar-refractivity contribution in [1.82, 2.24) is 4.57 Å². The number of nitrogens with zero attached hydrogens (tertiary/aromatic N) is 1. The molecule has 1 aromatic heterocycles. The highest BCUT2D eigenvalue weighted by molar-refractivity contribution is 6.08. The van der Waals surface area contributed by atoms with Gasteiger partial charge in [0.1, 0.15) is 0 Å². The second kappa shape index (κ2) is 10.9. The zero-order chi connectivity index (χ0) is 24.8. The zero-order valence-corrected chi connectivity index (χ0v) is 20.2. The quantitative estimate of drug-likeness (QED) is 0.361. The van der Waals surface area contributed by atoms with Gasteiger partial charge in [-0.25, -0.2) is 4.79 Å². The third-order valence-electron chi connectivity index (χ3n) is 5.64. The third-order valence-corrected chi connectivity index (χ3v) is 5.64. The Morgan fingerprint density at radius 1 is 0.971 bits per heavy atom. The molecule has 3 rings (SSSR count). The molecule has 1 heterocycles. The summed E-state index contributed by atoms with van der Waals surface area (Å²) in [7, 11) is 1.64. The smallest absolute Gasteiger partial charge is 0.340 e. The fraction of sp³-hybridized carbons (Fsp3) is 0.296. The highest BCUT2D eigenvalue weighted by Crippen LogP contribution is 2.22. The normalized spacial score (nSPS) is 11.7. The first kappa shape index (κ1) is 24.9. The Balaban J connectivity index is 1.71. The lowest BCUT2D eigenvalue weighted by molar-refractivity contribution is 0.0475. The second-order valence-corrected chi connectivity index (χ2v) is 8.33. The Hall–Kier alpha value is -3.71. The van der Waals surface area contributed by atoms with Crippen LogP contribution in [0.3, 0.4) is 0 Å². The van der Waals surface area contributed by atoms with Gasteiger partial charge in [0, 0.05) is 29.6 Å². The summed E-state index contributed by atoms with van der Waals surface area (Å²) in [5, 5.41) is 2.76. The molecule has 0 bridgehead atoms. The van der Waals surface area contributed by atoms with E-state index in [-0.39, 0.29) is 23.3 Å². The highest BCUT2D eigenvalue weighted by Gasteiger charge is 2.21. The monoisotopic (exact) mass is 462 g/mol. The average molecular weight is 463 g/mol. The number of carbonyl (C=O) groups excluding carboxylic acids is 3. The maximum atomic E-state index is 12.8. The molecule has 1 N–H and O–H groups in total. The Labute approximate surface area is 199 Å². The number of ketones is 1. The highest BCUT2D eigenvalue weighted by atomic mass is 16.5. The minimum Gasteiger partial charge on any atom is -0.454 e. The number of esters is 1. The summed E-state index contributed by atoms with van der Waals surface area (Å²) >= 11 is 0. The second-order valence-electron chi connectivity index (χ2n) is 8.33. The van der Waals surface area contributed by atoms with E-state index in [1.54, 1.807) is 55.6 Å². The van der Waals surface area contributed by atoms with E-state index < -0.39 is 12.6 Å². The number of para-hydroxylation sites is 1. The third kappa shape index (κ3) is 5.61. The molecule has 0 saturated heterocycles. The van der Waals surface area contributed by atoms with E-state index in [1.807, 2.05) is 38.3 Å². The van der Waals surface area contributed by atoms with Gasteiger partial charge in [-0.3, -0.25) is 9.59 Å². The molecule has 3 aromatic rings. The summed E-state index contributed by atoms with van der Waals surface area (Å²) in [6.07, 6.45) is 0. The molecule has 0 saturated carbocycles. The van der Waals surface area contributed by atoms with Crippen molar-refractivity contribution < 1.29 is 23.9 Å². The van der Waals surface area contributed by atoms with Crippen molar-refractivity contribution in [3.05, 3.63) is 88.2 Å². The molecule has 178 valence electrons. The average Bonchev–Trinajstić information content (AvgIpc) is 3.11. The molecule has 0 aliphatic heterocycles. The molecular weight excluding hydrogens is 432 g/mol. The van der Waals surface area contributed by atoms with Crippen molar-refractivity contribution in [2.24, 2.45) is 0 Å². The summed E-state index contributed by atoms with van der Waals surface area (Å²) in [5.74, 6) is -1.31. The van der Waals surface area contributed by atoms with Crippen LogP contribution in [0.2, 0.25) is 0 Å². The van der Waals surface area contributed by atoms with Gasteiger partial charge >= 0.3 is 5.97 Å². The number of aromatic nitrogens is 1. The van der Waals surface area contributed by atoms with Gasteiger partial charge in [0.05, 0.1) is 23.9 Å². The SMILES string of the molecule is COCC(C)n1c(C)cc(C(=O)COC(=O)c2ccccc2NC(=O)c2cccc(C)c2)c1C. The van der Waals surface area contributed by atoms with Crippen LogP contribution in [0.1, 0.15) is 61.0 Å². The Morgan fingerprint density at radius 3 is 2.41 bits per heavy atom. The number of carbonyl (C=O) groups is 3. The molecule has 1 amide bonds. The maximum Gasteiger partial charge on any atom is 0.340 e. The van der Waals surface area contributed by atoms with Gasteiger partial charge in [-0.2, -0.15) is 0 Å². The molecule has 7 heteroatoms. The predicted octanol–water partition coefficient (Wildman–Crippen LogP) is 4.91. The van der Waals surface area contributed by atoms with Crippen LogP contribution in [0, 0.1) is 20.8 Å². The van der Waals surface area contributed by atoms with Crippen LogP contribution in [0.25, 0.3) is 0 Å². The number of hydrogen-bond acceptors (Lipinski definition) is 5. The first-order chi connectivity index (χ1) is 16.2. The van der Waals surface area contributed by atoms with Crippen LogP contribution in [0.15, 0.2) is 54.6 Å². The van der Waals surface area contributed by atoms with E-state index >= 15 is 0 Å². The molecule has 34 heavy (non-hydrogen) atoms.